The predicted octanol–water partition coefficient (Wildman–Crippen LogP) is 3.21. The Morgan fingerprint density at radius 2 is 1.95 bits per heavy atom. The number of hydrogen-bond acceptors (Lipinski definition) is 4. The van der Waals surface area contributed by atoms with E-state index < -0.39 is 0 Å². The predicted molar refractivity (Wildman–Crippen MR) is 80.8 cm³/mol. The third-order valence-corrected chi connectivity index (χ3v) is 3.85. The van der Waals surface area contributed by atoms with Gasteiger partial charge in [0, 0.05) is 14.5 Å². The van der Waals surface area contributed by atoms with E-state index in [1.54, 1.807) is 4.52 Å². The van der Waals surface area contributed by atoms with Gasteiger partial charge in [-0.05, 0) is 47.1 Å². The molecule has 0 aliphatic heterocycles. The summed E-state index contributed by atoms with van der Waals surface area (Å²) >= 11 is 6.88. The molecule has 0 radical (unpaired) electrons. The highest BCUT2D eigenvalue weighted by Gasteiger charge is 2.14. The third kappa shape index (κ3) is 2.12. The number of nitrogen functional groups attached to an aromatic ring is 1. The topological polar surface area (TPSA) is 69.1 Å². The van der Waals surface area contributed by atoms with E-state index in [-0.39, 0.29) is 0 Å². The molecule has 0 saturated carbocycles. The van der Waals surface area contributed by atoms with Crippen LogP contribution < -0.4 is 5.73 Å². The number of halogens is 2. The average Bonchev–Trinajstić information content (AvgIpc) is 2.76. The Morgan fingerprint density at radius 1 is 1.16 bits per heavy atom. The molecule has 0 atom stereocenters. The normalized spacial score (nSPS) is 11.1. The number of fused-ring (bicyclic) bond motifs is 1. The molecular weight excluding hydrogens is 374 g/mol. The van der Waals surface area contributed by atoms with Crippen LogP contribution in [0.1, 0.15) is 5.69 Å². The van der Waals surface area contributed by atoms with Gasteiger partial charge in [0.05, 0.1) is 11.4 Å². The Kier molecular flexibility index (Phi) is 3.02. The summed E-state index contributed by atoms with van der Waals surface area (Å²) in [6, 6.07) is 7.57. The van der Waals surface area contributed by atoms with Crippen molar-refractivity contribution in [1.29, 1.82) is 0 Å². The Labute approximate surface area is 126 Å². The molecule has 5 nitrogen and oxygen atoms in total. The van der Waals surface area contributed by atoms with Gasteiger partial charge in [-0.25, -0.2) is 0 Å². The van der Waals surface area contributed by atoms with Crippen LogP contribution in [-0.2, 0) is 0 Å². The minimum atomic E-state index is 0.612. The second-order valence-electron chi connectivity index (χ2n) is 4.12. The molecule has 1 aromatic carbocycles. The molecule has 0 spiro atoms. The average molecular weight is 383 g/mol. The second-order valence-corrected chi connectivity index (χ2v) is 5.89. The van der Waals surface area contributed by atoms with Gasteiger partial charge >= 0.3 is 0 Å². The second kappa shape index (κ2) is 4.57. The van der Waals surface area contributed by atoms with Gasteiger partial charge in [0.15, 0.2) is 11.5 Å². The van der Waals surface area contributed by atoms with Crippen molar-refractivity contribution in [2.45, 2.75) is 6.92 Å². The number of nitrogens with two attached hydrogens (primary N) is 1. The van der Waals surface area contributed by atoms with Crippen LogP contribution in [0.25, 0.3) is 17.0 Å². The zero-order chi connectivity index (χ0) is 13.6. The number of aryl methyl sites for hydroxylation is 1. The maximum Gasteiger partial charge on any atom is 0.187 e. The van der Waals surface area contributed by atoms with Crippen molar-refractivity contribution in [3.05, 3.63) is 38.9 Å². The van der Waals surface area contributed by atoms with Crippen LogP contribution in [-0.4, -0.2) is 19.8 Å². The van der Waals surface area contributed by atoms with E-state index in [4.69, 9.17) is 5.73 Å². The number of rotatable bonds is 1. The lowest BCUT2D eigenvalue weighted by Crippen LogP contribution is -1.99. The van der Waals surface area contributed by atoms with Crippen molar-refractivity contribution in [3.63, 3.8) is 0 Å². The standard InChI is InChI=1S/C12H9Br2N5/c1-6-2-3-10-16-17-12(19(10)18-6)8-4-7(13)5-9(14)11(8)15/h2-5H,15H2,1H3. The minimum Gasteiger partial charge on any atom is -0.397 e. The SMILES string of the molecule is Cc1ccc2nnc(-c3cc(Br)cc(Br)c3N)n2n1. The monoisotopic (exact) mass is 381 g/mol. The van der Waals surface area contributed by atoms with Crippen LogP contribution in [0.5, 0.6) is 0 Å². The van der Waals surface area contributed by atoms with E-state index in [0.29, 0.717) is 17.2 Å². The van der Waals surface area contributed by atoms with Crippen molar-refractivity contribution in [1.82, 2.24) is 19.8 Å². The Hall–Kier alpha value is -1.47. The Bertz CT molecular complexity index is 781. The summed E-state index contributed by atoms with van der Waals surface area (Å²) in [4.78, 5) is 0. The summed E-state index contributed by atoms with van der Waals surface area (Å²) in [6.45, 7) is 1.92. The number of benzene rings is 1. The molecule has 7 heteroatoms. The minimum absolute atomic E-state index is 0.612. The maximum absolute atomic E-state index is 6.10. The van der Waals surface area contributed by atoms with Crippen LogP contribution in [0, 0.1) is 6.92 Å². The molecule has 0 saturated heterocycles. The molecular formula is C12H9Br2N5. The molecule has 2 N–H and O–H groups in total. The first-order valence-corrected chi connectivity index (χ1v) is 7.09. The molecule has 3 aromatic rings. The van der Waals surface area contributed by atoms with E-state index in [0.717, 1.165) is 20.2 Å². The van der Waals surface area contributed by atoms with Gasteiger partial charge in [-0.2, -0.15) is 9.61 Å². The van der Waals surface area contributed by atoms with E-state index >= 15 is 0 Å². The van der Waals surface area contributed by atoms with Crippen LogP contribution in [0.2, 0.25) is 0 Å². The highest BCUT2D eigenvalue weighted by molar-refractivity contribution is 9.11. The van der Waals surface area contributed by atoms with Crippen LogP contribution in [0.3, 0.4) is 0 Å². The van der Waals surface area contributed by atoms with Crippen molar-refractivity contribution in [2.75, 3.05) is 5.73 Å². The molecule has 0 bridgehead atoms. The molecule has 19 heavy (non-hydrogen) atoms. The quantitative estimate of drug-likeness (QED) is 0.656. The molecule has 0 fully saturated rings. The lowest BCUT2D eigenvalue weighted by atomic mass is 10.2. The van der Waals surface area contributed by atoms with E-state index in [9.17, 15) is 0 Å². The lowest BCUT2D eigenvalue weighted by Gasteiger charge is -2.07. The zero-order valence-corrected chi connectivity index (χ0v) is 13.1. The van der Waals surface area contributed by atoms with Gasteiger partial charge in [-0.1, -0.05) is 15.9 Å². The fraction of sp³-hybridized carbons (Fsp3) is 0.0833. The molecule has 0 unspecified atom stereocenters. The van der Waals surface area contributed by atoms with Gasteiger partial charge in [0.1, 0.15) is 0 Å². The highest BCUT2D eigenvalue weighted by Crippen LogP contribution is 2.34. The van der Waals surface area contributed by atoms with Crippen molar-refractivity contribution in [3.8, 4) is 11.4 Å². The van der Waals surface area contributed by atoms with E-state index in [1.807, 2.05) is 31.2 Å². The first-order chi connectivity index (χ1) is 9.06. The molecule has 96 valence electrons. The number of aromatic nitrogens is 4. The molecule has 0 amide bonds. The smallest absolute Gasteiger partial charge is 0.187 e. The van der Waals surface area contributed by atoms with E-state index in [2.05, 4.69) is 47.2 Å². The molecule has 3 rings (SSSR count). The number of hydrogen-bond donors (Lipinski definition) is 1. The summed E-state index contributed by atoms with van der Waals surface area (Å²) < 4.78 is 3.41. The summed E-state index contributed by atoms with van der Waals surface area (Å²) in [7, 11) is 0. The van der Waals surface area contributed by atoms with Crippen LogP contribution in [0.15, 0.2) is 33.2 Å². The Balaban J connectivity index is 2.33. The first kappa shape index (κ1) is 12.6. The third-order valence-electron chi connectivity index (χ3n) is 2.73. The maximum atomic E-state index is 6.10. The zero-order valence-electron chi connectivity index (χ0n) is 9.93. The van der Waals surface area contributed by atoms with Gasteiger partial charge in [0.25, 0.3) is 0 Å². The van der Waals surface area contributed by atoms with Crippen molar-refractivity contribution in [2.24, 2.45) is 0 Å². The Morgan fingerprint density at radius 3 is 2.74 bits per heavy atom. The largest absolute Gasteiger partial charge is 0.397 e. The van der Waals surface area contributed by atoms with Gasteiger partial charge in [-0.3, -0.25) is 0 Å². The molecule has 0 aliphatic carbocycles. The van der Waals surface area contributed by atoms with Gasteiger partial charge < -0.3 is 5.73 Å². The van der Waals surface area contributed by atoms with Crippen LogP contribution in [0.4, 0.5) is 5.69 Å². The summed E-state index contributed by atoms with van der Waals surface area (Å²) in [5.41, 5.74) is 9.07. The van der Waals surface area contributed by atoms with Gasteiger partial charge in [-0.15, -0.1) is 10.2 Å². The van der Waals surface area contributed by atoms with Crippen molar-refractivity contribution >= 4 is 43.2 Å². The highest BCUT2D eigenvalue weighted by atomic mass is 79.9. The molecule has 0 aliphatic rings. The summed E-state index contributed by atoms with van der Waals surface area (Å²) in [6.07, 6.45) is 0. The summed E-state index contributed by atoms with van der Waals surface area (Å²) in [5, 5.41) is 12.7. The lowest BCUT2D eigenvalue weighted by molar-refractivity contribution is 0.902. The van der Waals surface area contributed by atoms with Crippen LogP contribution >= 0.6 is 31.9 Å². The molecule has 2 heterocycles. The molecule has 2 aromatic heterocycles. The summed E-state index contributed by atoms with van der Waals surface area (Å²) in [5.74, 6) is 0.623. The fourth-order valence-electron chi connectivity index (χ4n) is 1.82. The number of nitrogens with zero attached hydrogens (tertiary/aromatic N) is 4. The van der Waals surface area contributed by atoms with E-state index in [1.165, 1.54) is 0 Å². The van der Waals surface area contributed by atoms with Crippen molar-refractivity contribution < 1.29 is 0 Å². The first-order valence-electron chi connectivity index (χ1n) is 5.50. The number of anilines is 1. The van der Waals surface area contributed by atoms with Gasteiger partial charge in [0.2, 0.25) is 0 Å². The fourth-order valence-corrected chi connectivity index (χ4v) is 3.04.